The Morgan fingerprint density at radius 2 is 1.97 bits per heavy atom. The number of rotatable bonds is 5. The van der Waals surface area contributed by atoms with E-state index in [4.69, 9.17) is 11.6 Å². The highest BCUT2D eigenvalue weighted by molar-refractivity contribution is 7.89. The smallest absolute Gasteiger partial charge is 0.251 e. The molecule has 0 aliphatic carbocycles. The minimum Gasteiger partial charge on any atom is -0.319 e. The second kappa shape index (κ2) is 9.44. The molecule has 0 atom stereocenters. The zero-order valence-electron chi connectivity index (χ0n) is 16.6. The third kappa shape index (κ3) is 4.95. The number of carbonyl (C=O) groups is 1. The summed E-state index contributed by atoms with van der Waals surface area (Å²) in [6, 6.07) is 10.7. The Balaban J connectivity index is 1.44. The Hall–Kier alpha value is -2.33. The van der Waals surface area contributed by atoms with Crippen LogP contribution in [0, 0.1) is 5.92 Å². The molecule has 0 N–H and O–H groups in total. The van der Waals surface area contributed by atoms with E-state index in [0.29, 0.717) is 29.2 Å². The van der Waals surface area contributed by atoms with Crippen molar-refractivity contribution in [2.75, 3.05) is 13.1 Å². The lowest BCUT2D eigenvalue weighted by atomic mass is 9.98. The van der Waals surface area contributed by atoms with E-state index >= 15 is 0 Å². The number of nitrogens with zero attached hydrogens (tertiary/aromatic N) is 4. The summed E-state index contributed by atoms with van der Waals surface area (Å²) in [5.41, 5.74) is 0.949. The van der Waals surface area contributed by atoms with Gasteiger partial charge in [-0.15, -0.1) is 11.3 Å². The van der Waals surface area contributed by atoms with Gasteiger partial charge < -0.3 is 4.57 Å². The van der Waals surface area contributed by atoms with E-state index in [9.17, 15) is 13.2 Å². The van der Waals surface area contributed by atoms with Crippen molar-refractivity contribution >= 4 is 38.9 Å². The number of hydrogen-bond acceptors (Lipinski definition) is 5. The van der Waals surface area contributed by atoms with Crippen molar-refractivity contribution in [2.45, 2.75) is 24.3 Å². The molecule has 31 heavy (non-hydrogen) atoms. The molecule has 1 aliphatic heterocycles. The number of piperidine rings is 1. The fraction of sp³-hybridized carbons (Fsp3) is 0.286. The lowest BCUT2D eigenvalue weighted by Crippen LogP contribution is -2.40. The molecular weight excluding hydrogens is 456 g/mol. The van der Waals surface area contributed by atoms with Gasteiger partial charge in [0, 0.05) is 48.0 Å². The first-order valence-electron chi connectivity index (χ1n) is 9.81. The molecule has 1 saturated heterocycles. The third-order valence-corrected chi connectivity index (χ3v) is 8.28. The van der Waals surface area contributed by atoms with E-state index in [1.807, 2.05) is 40.4 Å². The van der Waals surface area contributed by atoms with Crippen LogP contribution in [0.25, 0.3) is 0 Å². The molecule has 0 bridgehead atoms. The van der Waals surface area contributed by atoms with Gasteiger partial charge in [-0.05, 0) is 36.6 Å². The number of thiazole rings is 1. The average Bonchev–Trinajstić information content (AvgIpc) is 3.22. The average molecular weight is 477 g/mol. The fourth-order valence-corrected chi connectivity index (χ4v) is 5.86. The molecule has 0 radical (unpaired) electrons. The fourth-order valence-electron chi connectivity index (χ4n) is 3.49. The number of benzene rings is 1. The summed E-state index contributed by atoms with van der Waals surface area (Å²) in [6.45, 7) is 1.09. The SMILES string of the molecule is O=C(N=c1sccn1Cc1ccccc1Cl)C1CCN(S(=O)(=O)c2cccnc2)CC1. The number of amides is 1. The third-order valence-electron chi connectivity index (χ3n) is 5.24. The largest absolute Gasteiger partial charge is 0.319 e. The Morgan fingerprint density at radius 3 is 2.68 bits per heavy atom. The molecule has 2 aromatic heterocycles. The van der Waals surface area contributed by atoms with Crippen molar-refractivity contribution in [2.24, 2.45) is 10.9 Å². The van der Waals surface area contributed by atoms with Crippen molar-refractivity contribution in [1.82, 2.24) is 13.9 Å². The second-order valence-corrected chi connectivity index (χ2v) is 10.4. The van der Waals surface area contributed by atoms with Crippen LogP contribution in [-0.2, 0) is 21.4 Å². The summed E-state index contributed by atoms with van der Waals surface area (Å²) in [5, 5.41) is 2.55. The highest BCUT2D eigenvalue weighted by Gasteiger charge is 2.32. The number of halogens is 1. The van der Waals surface area contributed by atoms with Crippen molar-refractivity contribution in [3.05, 3.63) is 75.8 Å². The molecule has 1 aromatic carbocycles. The van der Waals surface area contributed by atoms with Crippen molar-refractivity contribution < 1.29 is 13.2 Å². The topological polar surface area (TPSA) is 84.6 Å². The molecule has 1 amide bonds. The highest BCUT2D eigenvalue weighted by atomic mass is 35.5. The van der Waals surface area contributed by atoms with E-state index in [2.05, 4.69) is 9.98 Å². The molecule has 4 rings (SSSR count). The first-order valence-corrected chi connectivity index (χ1v) is 12.5. The summed E-state index contributed by atoms with van der Waals surface area (Å²) in [5.74, 6) is -0.509. The minimum absolute atomic E-state index is 0.170. The lowest BCUT2D eigenvalue weighted by Gasteiger charge is -2.29. The van der Waals surface area contributed by atoms with Crippen LogP contribution < -0.4 is 4.80 Å². The number of carbonyl (C=O) groups excluding carboxylic acids is 1. The van der Waals surface area contributed by atoms with Gasteiger partial charge in [0.25, 0.3) is 5.91 Å². The molecule has 7 nitrogen and oxygen atoms in total. The zero-order valence-corrected chi connectivity index (χ0v) is 19.0. The molecule has 0 spiro atoms. The van der Waals surface area contributed by atoms with Gasteiger partial charge in [0.15, 0.2) is 4.80 Å². The van der Waals surface area contributed by atoms with Crippen LogP contribution in [0.1, 0.15) is 18.4 Å². The molecule has 10 heteroatoms. The monoisotopic (exact) mass is 476 g/mol. The van der Waals surface area contributed by atoms with Crippen LogP contribution in [0.2, 0.25) is 5.02 Å². The van der Waals surface area contributed by atoms with E-state index in [1.54, 1.807) is 6.07 Å². The molecule has 3 aromatic rings. The maximum atomic E-state index is 12.8. The Morgan fingerprint density at radius 1 is 1.19 bits per heavy atom. The maximum absolute atomic E-state index is 12.8. The maximum Gasteiger partial charge on any atom is 0.251 e. The van der Waals surface area contributed by atoms with Crippen LogP contribution in [0.15, 0.2) is 70.3 Å². The van der Waals surface area contributed by atoms with E-state index in [1.165, 1.54) is 34.1 Å². The molecular formula is C21H21ClN4O3S2. The summed E-state index contributed by atoms with van der Waals surface area (Å²) in [7, 11) is -3.59. The van der Waals surface area contributed by atoms with Gasteiger partial charge >= 0.3 is 0 Å². The number of pyridine rings is 1. The van der Waals surface area contributed by atoms with Crippen LogP contribution in [0.3, 0.4) is 0 Å². The molecule has 0 unspecified atom stereocenters. The molecule has 1 aliphatic rings. The van der Waals surface area contributed by atoms with Gasteiger partial charge in [-0.1, -0.05) is 29.8 Å². The summed E-state index contributed by atoms with van der Waals surface area (Å²) >= 11 is 7.64. The number of hydrogen-bond donors (Lipinski definition) is 0. The van der Waals surface area contributed by atoms with E-state index in [-0.39, 0.29) is 29.8 Å². The second-order valence-electron chi connectivity index (χ2n) is 7.22. The first kappa shape index (κ1) is 21.9. The first-order chi connectivity index (χ1) is 14.9. The number of aromatic nitrogens is 2. The normalized spacial score (nSPS) is 16.5. The van der Waals surface area contributed by atoms with Crippen molar-refractivity contribution in [3.8, 4) is 0 Å². The summed E-state index contributed by atoms with van der Waals surface area (Å²) in [4.78, 5) is 21.8. The van der Waals surface area contributed by atoms with Gasteiger partial charge in [-0.3, -0.25) is 9.78 Å². The molecule has 0 saturated carbocycles. The van der Waals surface area contributed by atoms with Crippen LogP contribution in [-0.4, -0.2) is 41.3 Å². The Bertz CT molecular complexity index is 1230. The summed E-state index contributed by atoms with van der Waals surface area (Å²) < 4.78 is 28.8. The molecule has 162 valence electrons. The predicted octanol–water partition coefficient (Wildman–Crippen LogP) is 3.17. The van der Waals surface area contributed by atoms with Gasteiger partial charge in [-0.2, -0.15) is 9.30 Å². The molecule has 1 fully saturated rings. The Kier molecular flexibility index (Phi) is 6.66. The highest BCUT2D eigenvalue weighted by Crippen LogP contribution is 2.24. The van der Waals surface area contributed by atoms with Gasteiger partial charge in [0.05, 0.1) is 6.54 Å². The number of sulfonamides is 1. The van der Waals surface area contributed by atoms with Gasteiger partial charge in [-0.25, -0.2) is 8.42 Å². The minimum atomic E-state index is -3.59. The van der Waals surface area contributed by atoms with Crippen LogP contribution in [0.4, 0.5) is 0 Å². The Labute approximate surface area is 189 Å². The van der Waals surface area contributed by atoms with E-state index in [0.717, 1.165) is 5.56 Å². The van der Waals surface area contributed by atoms with Crippen LogP contribution in [0.5, 0.6) is 0 Å². The quantitative estimate of drug-likeness (QED) is 0.566. The lowest BCUT2D eigenvalue weighted by molar-refractivity contribution is -0.122. The van der Waals surface area contributed by atoms with E-state index < -0.39 is 10.0 Å². The predicted molar refractivity (Wildman–Crippen MR) is 119 cm³/mol. The van der Waals surface area contributed by atoms with Crippen molar-refractivity contribution in [1.29, 1.82) is 0 Å². The molecule has 3 heterocycles. The van der Waals surface area contributed by atoms with Crippen molar-refractivity contribution in [3.63, 3.8) is 0 Å². The summed E-state index contributed by atoms with van der Waals surface area (Å²) in [6.07, 6.45) is 5.64. The van der Waals surface area contributed by atoms with Gasteiger partial charge in [0.1, 0.15) is 4.90 Å². The standard InChI is InChI=1S/C21H21ClN4O3S2/c22-19-6-2-1-4-17(19)15-25-12-13-30-21(25)24-20(27)16-7-10-26(11-8-16)31(28,29)18-5-3-9-23-14-18/h1-6,9,12-14,16H,7-8,10-11,15H2. The van der Waals surface area contributed by atoms with Crippen LogP contribution >= 0.6 is 22.9 Å². The zero-order chi connectivity index (χ0) is 21.8. The van der Waals surface area contributed by atoms with Gasteiger partial charge in [0.2, 0.25) is 10.0 Å².